The van der Waals surface area contributed by atoms with Crippen LogP contribution in [0.4, 0.5) is 19.0 Å². The highest BCUT2D eigenvalue weighted by molar-refractivity contribution is 7.52. The first-order chi connectivity index (χ1) is 31.3. The molecule has 2 aromatic heterocycles. The zero-order valence-corrected chi connectivity index (χ0v) is 38.4. The van der Waals surface area contributed by atoms with E-state index in [4.69, 9.17) is 35.4 Å². The Morgan fingerprint density at radius 1 is 0.969 bits per heavy atom. The monoisotopic (exact) mass is 926 g/mol. The molecule has 4 aromatic rings. The van der Waals surface area contributed by atoms with Gasteiger partial charge >= 0.3 is 25.8 Å². The van der Waals surface area contributed by atoms with Crippen LogP contribution in [0.2, 0.25) is 0 Å². The van der Waals surface area contributed by atoms with Crippen molar-refractivity contribution in [1.82, 2.24) is 24.6 Å². The summed E-state index contributed by atoms with van der Waals surface area (Å²) >= 11 is 0. The molecular formula is C47H62F3N6O8P. The lowest BCUT2D eigenvalue weighted by Gasteiger charge is -2.31. The van der Waals surface area contributed by atoms with Gasteiger partial charge in [-0.15, -0.1) is 6.42 Å². The minimum Gasteiger partial charge on any atom is -0.464 e. The lowest BCUT2D eigenvalue weighted by atomic mass is 9.98. The molecule has 65 heavy (non-hydrogen) atoms. The van der Waals surface area contributed by atoms with Crippen LogP contribution in [0.1, 0.15) is 129 Å². The number of nitrogens with two attached hydrogens (primary N) is 1. The third kappa shape index (κ3) is 15.0. The van der Waals surface area contributed by atoms with Crippen molar-refractivity contribution in [1.29, 1.82) is 0 Å². The first kappa shape index (κ1) is 51.0. The van der Waals surface area contributed by atoms with E-state index in [0.717, 1.165) is 37.8 Å². The Labute approximate surface area is 379 Å². The third-order valence-corrected chi connectivity index (χ3v) is 13.1. The highest BCUT2D eigenvalue weighted by Gasteiger charge is 2.53. The number of hydrogen-bond donors (Lipinski definition) is 2. The van der Waals surface area contributed by atoms with E-state index in [0.29, 0.717) is 25.3 Å². The maximum absolute atomic E-state index is 15.1. The van der Waals surface area contributed by atoms with Gasteiger partial charge < -0.3 is 24.5 Å². The van der Waals surface area contributed by atoms with Crippen LogP contribution in [0, 0.1) is 36.0 Å². The number of nitrogen functional groups attached to an aromatic ring is 1. The van der Waals surface area contributed by atoms with E-state index < -0.39 is 74.4 Å². The normalized spacial score (nSPS) is 18.6. The van der Waals surface area contributed by atoms with Crippen LogP contribution in [0.3, 0.4) is 0 Å². The summed E-state index contributed by atoms with van der Waals surface area (Å²) in [5.74, 6) is -0.826. The predicted molar refractivity (Wildman–Crippen MR) is 240 cm³/mol. The van der Waals surface area contributed by atoms with Crippen LogP contribution in [-0.4, -0.2) is 62.4 Å². The number of esters is 2. The fourth-order valence-electron chi connectivity index (χ4n) is 7.68. The van der Waals surface area contributed by atoms with Crippen molar-refractivity contribution in [3.63, 3.8) is 0 Å². The van der Waals surface area contributed by atoms with Gasteiger partial charge in [-0.05, 0) is 48.6 Å². The first-order valence-corrected chi connectivity index (χ1v) is 24.2. The molecule has 3 heterocycles. The van der Waals surface area contributed by atoms with Crippen LogP contribution >= 0.6 is 7.75 Å². The molecule has 3 N–H and O–H groups in total. The maximum atomic E-state index is 15.1. The molecule has 0 radical (unpaired) electrons. The number of terminal acetylenes is 1. The van der Waals surface area contributed by atoms with Gasteiger partial charge in [-0.1, -0.05) is 122 Å². The number of rotatable bonds is 28. The molecule has 14 nitrogen and oxygen atoms in total. The second-order valence-electron chi connectivity index (χ2n) is 16.5. The molecule has 354 valence electrons. The second-order valence-corrected chi connectivity index (χ2v) is 18.2. The number of nitrogens with zero attached hydrogens (tertiary/aromatic N) is 4. The topological polar surface area (TPSA) is 179 Å². The van der Waals surface area contributed by atoms with Gasteiger partial charge in [0.2, 0.25) is 0 Å². The number of unbranched alkanes of at least 4 members (excludes halogenated alkanes) is 10. The molecule has 1 aliphatic heterocycles. The summed E-state index contributed by atoms with van der Waals surface area (Å²) < 4.78 is 89.9. The van der Waals surface area contributed by atoms with Crippen LogP contribution in [0.15, 0.2) is 54.9 Å². The number of anilines is 1. The van der Waals surface area contributed by atoms with Gasteiger partial charge in [-0.3, -0.25) is 18.7 Å². The fourth-order valence-corrected chi connectivity index (χ4v) is 9.19. The molecule has 1 saturated heterocycles. The van der Waals surface area contributed by atoms with E-state index in [9.17, 15) is 22.8 Å². The van der Waals surface area contributed by atoms with Crippen molar-refractivity contribution >= 4 is 36.7 Å². The van der Waals surface area contributed by atoms with E-state index >= 15 is 4.57 Å². The number of halogens is 3. The number of ether oxygens (including phenoxy) is 3. The largest absolute Gasteiger partial charge is 0.464 e. The van der Waals surface area contributed by atoms with Crippen LogP contribution < -0.4 is 15.3 Å². The zero-order valence-electron chi connectivity index (χ0n) is 37.5. The molecule has 5 atom stereocenters. The number of carbonyl (C=O) groups excluding carboxylic acids is 2. The summed E-state index contributed by atoms with van der Waals surface area (Å²) in [4.78, 5) is 39.0. The summed E-state index contributed by atoms with van der Waals surface area (Å²) in [5, 5.41) is 2.66. The van der Waals surface area contributed by atoms with Crippen molar-refractivity contribution in [3.8, 4) is 18.1 Å². The molecule has 1 fully saturated rings. The van der Waals surface area contributed by atoms with Gasteiger partial charge in [-0.2, -0.15) is 19.4 Å². The van der Waals surface area contributed by atoms with Gasteiger partial charge in [0.05, 0.1) is 12.9 Å². The number of benzene rings is 2. The van der Waals surface area contributed by atoms with Crippen molar-refractivity contribution in [2.45, 2.75) is 147 Å². The third-order valence-electron chi connectivity index (χ3n) is 11.5. The number of fused-ring (bicyclic) bond motifs is 1. The number of hydrogen-bond acceptors (Lipinski definition) is 12. The standard InChI is InChI=1S/C47H62F3N6O8P/c1-5-9-10-11-12-13-14-15-16-17-21-24-41(57)62-39-29-40(56-32-52-42-43(51)53-46(50)54-44(42)56)63-47(39,8-4)31-61-65(59,64-37-22-19-18-20-23-37)55-38(45(58)60-30-33(6-2)7-3)27-34-25-35(48)28-36(49)26-34/h4,18-20,22-23,25-26,28,32-33,38-40H,5-7,9-17,21,24,27,29-31H2,1-3H3,(H,55,59)(H2,51,53,54)/t38?,39?,40?,47?,65-/m0/s1. The van der Waals surface area contributed by atoms with E-state index in [2.05, 4.69) is 32.9 Å². The Kier molecular flexibility index (Phi) is 19.6. The van der Waals surface area contributed by atoms with Crippen molar-refractivity contribution < 1.29 is 50.6 Å². The van der Waals surface area contributed by atoms with E-state index in [1.807, 2.05) is 13.8 Å². The van der Waals surface area contributed by atoms with Gasteiger partial charge in [0.25, 0.3) is 0 Å². The van der Waals surface area contributed by atoms with Gasteiger partial charge in [-0.25, -0.2) is 18.3 Å². The smallest absolute Gasteiger partial charge is 0.459 e. The second kappa shape index (κ2) is 25.0. The van der Waals surface area contributed by atoms with Crippen LogP contribution in [0.5, 0.6) is 5.75 Å². The number of imidazole rings is 1. The van der Waals surface area contributed by atoms with Gasteiger partial charge in [0.15, 0.2) is 22.6 Å². The fraction of sp³-hybridized carbons (Fsp3) is 0.553. The number of aromatic nitrogens is 4. The maximum Gasteiger partial charge on any atom is 0.459 e. The molecule has 1 aliphatic rings. The Morgan fingerprint density at radius 3 is 2.25 bits per heavy atom. The van der Waals surface area contributed by atoms with Crippen molar-refractivity contribution in [2.24, 2.45) is 5.92 Å². The Hall–Kier alpha value is -5.01. The van der Waals surface area contributed by atoms with Crippen LogP contribution in [-0.2, 0) is 39.3 Å². The number of carbonyl (C=O) groups is 2. The zero-order chi connectivity index (χ0) is 46.8. The minimum absolute atomic E-state index is 0.0133. The predicted octanol–water partition coefficient (Wildman–Crippen LogP) is 10.1. The number of nitrogens with one attached hydrogen (secondary N) is 1. The average molecular weight is 927 g/mol. The molecule has 0 spiro atoms. The molecule has 0 aliphatic carbocycles. The molecule has 2 aromatic carbocycles. The van der Waals surface area contributed by atoms with E-state index in [1.165, 1.54) is 61.6 Å². The summed E-state index contributed by atoms with van der Waals surface area (Å²) in [6, 6.07) is 9.14. The molecule has 0 bridgehead atoms. The summed E-state index contributed by atoms with van der Waals surface area (Å²) in [7, 11) is -4.78. The SMILES string of the molecule is C#CC1(CO[P@@](=O)(NC(Cc2cc(F)cc(F)c2)C(=O)OCC(CC)CC)Oc2ccccc2)OC(n2cnc3c(N)nc(F)nc32)CC1OC(=O)CCCCCCCCCCCCC. The van der Waals surface area contributed by atoms with Gasteiger partial charge in [0, 0.05) is 18.9 Å². The quantitative estimate of drug-likeness (QED) is 0.0181. The molecule has 4 unspecified atom stereocenters. The molecule has 5 rings (SSSR count). The van der Waals surface area contributed by atoms with Crippen LogP contribution in [0.25, 0.3) is 11.2 Å². The molecule has 0 saturated carbocycles. The molecule has 18 heteroatoms. The summed E-state index contributed by atoms with van der Waals surface area (Å²) in [5.41, 5.74) is 4.07. The summed E-state index contributed by atoms with van der Waals surface area (Å²) in [6.45, 7) is 5.36. The van der Waals surface area contributed by atoms with Gasteiger partial charge in [0.1, 0.15) is 42.4 Å². The summed E-state index contributed by atoms with van der Waals surface area (Å²) in [6.07, 6.45) is 17.1. The first-order valence-electron chi connectivity index (χ1n) is 22.7. The lowest BCUT2D eigenvalue weighted by molar-refractivity contribution is -0.158. The van der Waals surface area contributed by atoms with Crippen molar-refractivity contribution in [3.05, 3.63) is 78.1 Å². The Morgan fingerprint density at radius 2 is 1.62 bits per heavy atom. The highest BCUT2D eigenvalue weighted by atomic mass is 31.2. The van der Waals surface area contributed by atoms with E-state index in [1.54, 1.807) is 18.2 Å². The molecular weight excluding hydrogens is 865 g/mol. The average Bonchev–Trinajstić information content (AvgIpc) is 3.86. The van der Waals surface area contributed by atoms with Crippen molar-refractivity contribution in [2.75, 3.05) is 18.9 Å². The molecule has 0 amide bonds. The highest BCUT2D eigenvalue weighted by Crippen LogP contribution is 2.49. The Bertz CT molecular complexity index is 2220. The lowest BCUT2D eigenvalue weighted by Crippen LogP contribution is -2.46. The minimum atomic E-state index is -4.78. The van der Waals surface area contributed by atoms with E-state index in [-0.39, 0.29) is 53.7 Å². The number of para-hydroxylation sites is 1. The Balaban J connectivity index is 1.39.